The average Bonchev–Trinajstić information content (AvgIpc) is 2.97. The quantitative estimate of drug-likeness (QED) is 0.357. The van der Waals surface area contributed by atoms with Crippen molar-refractivity contribution >= 4 is 0 Å². The van der Waals surface area contributed by atoms with Gasteiger partial charge in [-0.1, -0.05) is 86.6 Å². The minimum absolute atomic E-state index is 0.527. The number of hydrogen-bond acceptors (Lipinski definition) is 0. The topological polar surface area (TPSA) is 0 Å². The molecule has 2 aromatic carbocycles. The van der Waals surface area contributed by atoms with Gasteiger partial charge in [-0.3, -0.25) is 0 Å². The molecule has 0 aliphatic heterocycles. The molecule has 2 aliphatic rings. The zero-order valence-corrected chi connectivity index (χ0v) is 16.7. The molecular formula is C26H32. The summed E-state index contributed by atoms with van der Waals surface area (Å²) in [6, 6.07) is 11.8. The second kappa shape index (κ2) is 7.43. The molecule has 0 saturated carbocycles. The second-order valence-electron chi connectivity index (χ2n) is 8.35. The van der Waals surface area contributed by atoms with E-state index in [-0.39, 0.29) is 0 Å². The fourth-order valence-electron chi connectivity index (χ4n) is 5.02. The Kier molecular flexibility index (Phi) is 5.02. The van der Waals surface area contributed by atoms with Crippen molar-refractivity contribution in [1.82, 2.24) is 0 Å². The number of hydrogen-bond donors (Lipinski definition) is 0. The highest BCUT2D eigenvalue weighted by Crippen LogP contribution is 2.53. The van der Waals surface area contributed by atoms with Crippen LogP contribution in [0.2, 0.25) is 0 Å². The molecular weight excluding hydrogens is 312 g/mol. The van der Waals surface area contributed by atoms with Crippen molar-refractivity contribution in [2.24, 2.45) is 0 Å². The molecule has 4 rings (SSSR count). The molecule has 1 atom stereocenters. The fourth-order valence-corrected chi connectivity index (χ4v) is 5.02. The van der Waals surface area contributed by atoms with Crippen LogP contribution in [0.4, 0.5) is 0 Å². The molecule has 0 N–H and O–H groups in total. The summed E-state index contributed by atoms with van der Waals surface area (Å²) >= 11 is 0. The third-order valence-electron chi connectivity index (χ3n) is 6.45. The summed E-state index contributed by atoms with van der Waals surface area (Å²) in [6.45, 7) is 6.81. The molecule has 2 aromatic rings. The summed E-state index contributed by atoms with van der Waals surface area (Å²) in [5.41, 5.74) is 12.3. The summed E-state index contributed by atoms with van der Waals surface area (Å²) in [6.07, 6.45) is 13.3. The Morgan fingerprint density at radius 2 is 1.65 bits per heavy atom. The molecule has 0 radical (unpaired) electrons. The Labute approximate surface area is 159 Å². The van der Waals surface area contributed by atoms with E-state index in [9.17, 15) is 0 Å². The summed E-state index contributed by atoms with van der Waals surface area (Å²) in [5.74, 6) is 0.527. The van der Waals surface area contributed by atoms with Crippen molar-refractivity contribution in [1.29, 1.82) is 0 Å². The van der Waals surface area contributed by atoms with Crippen LogP contribution < -0.4 is 0 Å². The highest BCUT2D eigenvalue weighted by molar-refractivity contribution is 5.83. The minimum Gasteiger partial charge on any atom is -0.0800 e. The number of allylic oxidation sites excluding steroid dienone is 2. The first-order valence-electron chi connectivity index (χ1n) is 10.6. The Hall–Kier alpha value is -1.82. The van der Waals surface area contributed by atoms with Crippen molar-refractivity contribution < 1.29 is 0 Å². The first-order valence-corrected chi connectivity index (χ1v) is 10.6. The van der Waals surface area contributed by atoms with E-state index in [0.717, 1.165) is 6.42 Å². The first kappa shape index (κ1) is 17.6. The fraction of sp³-hybridized carbons (Fsp3) is 0.462. The van der Waals surface area contributed by atoms with Gasteiger partial charge in [0, 0.05) is 5.92 Å². The molecule has 0 spiro atoms. The van der Waals surface area contributed by atoms with E-state index in [1.54, 1.807) is 22.3 Å². The van der Waals surface area contributed by atoms with Crippen molar-refractivity contribution in [2.45, 2.75) is 78.1 Å². The molecule has 2 aliphatic carbocycles. The predicted molar refractivity (Wildman–Crippen MR) is 113 cm³/mol. The number of unbranched alkanes of at least 4 members (excludes halogenated alkanes) is 5. The molecule has 0 bridgehead atoms. The largest absolute Gasteiger partial charge is 0.0800 e. The number of fused-ring (bicyclic) bond motifs is 3. The van der Waals surface area contributed by atoms with Gasteiger partial charge < -0.3 is 0 Å². The van der Waals surface area contributed by atoms with Crippen LogP contribution >= 0.6 is 0 Å². The number of benzene rings is 2. The number of aryl methyl sites for hydroxylation is 2. The van der Waals surface area contributed by atoms with Gasteiger partial charge in [0.1, 0.15) is 0 Å². The smallest absolute Gasteiger partial charge is 0.0314 e. The van der Waals surface area contributed by atoms with E-state index in [1.807, 2.05) is 0 Å². The molecule has 136 valence electrons. The normalized spacial score (nSPS) is 17.0. The van der Waals surface area contributed by atoms with E-state index in [4.69, 9.17) is 0 Å². The highest BCUT2D eigenvalue weighted by atomic mass is 14.4. The van der Waals surface area contributed by atoms with Gasteiger partial charge >= 0.3 is 0 Å². The van der Waals surface area contributed by atoms with Gasteiger partial charge in [0.2, 0.25) is 0 Å². The van der Waals surface area contributed by atoms with Gasteiger partial charge in [0.25, 0.3) is 0 Å². The average molecular weight is 345 g/mol. The molecule has 0 fully saturated rings. The van der Waals surface area contributed by atoms with E-state index >= 15 is 0 Å². The minimum atomic E-state index is 0.527. The summed E-state index contributed by atoms with van der Waals surface area (Å²) in [7, 11) is 0. The van der Waals surface area contributed by atoms with E-state index < -0.39 is 0 Å². The van der Waals surface area contributed by atoms with Crippen LogP contribution in [0.25, 0.3) is 11.1 Å². The summed E-state index contributed by atoms with van der Waals surface area (Å²) < 4.78 is 0. The van der Waals surface area contributed by atoms with Crippen molar-refractivity contribution in [3.8, 4) is 11.1 Å². The highest BCUT2D eigenvalue weighted by Gasteiger charge is 2.35. The van der Waals surface area contributed by atoms with Crippen LogP contribution in [-0.4, -0.2) is 0 Å². The molecule has 0 saturated heterocycles. The molecule has 0 nitrogen and oxygen atoms in total. The van der Waals surface area contributed by atoms with Gasteiger partial charge in [-0.15, -0.1) is 0 Å². The molecule has 26 heavy (non-hydrogen) atoms. The van der Waals surface area contributed by atoms with Crippen LogP contribution in [0.5, 0.6) is 0 Å². The lowest BCUT2D eigenvalue weighted by molar-refractivity contribution is 0.599. The van der Waals surface area contributed by atoms with E-state index in [0.29, 0.717) is 5.92 Å². The Morgan fingerprint density at radius 3 is 2.50 bits per heavy atom. The molecule has 0 heteroatoms. The summed E-state index contributed by atoms with van der Waals surface area (Å²) in [5, 5.41) is 0. The Bertz CT molecular complexity index is 837. The second-order valence-corrected chi connectivity index (χ2v) is 8.35. The lowest BCUT2D eigenvalue weighted by Crippen LogP contribution is -2.11. The third kappa shape index (κ3) is 3.04. The molecule has 0 heterocycles. The zero-order valence-electron chi connectivity index (χ0n) is 16.7. The maximum atomic E-state index is 2.56. The predicted octanol–water partition coefficient (Wildman–Crippen LogP) is 7.65. The van der Waals surface area contributed by atoms with Gasteiger partial charge in [-0.2, -0.15) is 0 Å². The standard InChI is InChI=1S/C26H32/c1-4-5-6-7-8-9-10-20-13-16-21-19(3)12-15-23-22-14-11-18(2)17-24(22)25(20)26(21)23/h11-15,17,25H,4-10,16H2,1-3H3. The molecule has 0 amide bonds. The SMILES string of the molecule is CCCCCCCCC1=CCc2c(C)ccc3c2C1c1cc(C)ccc1-3. The first-order chi connectivity index (χ1) is 12.7. The van der Waals surface area contributed by atoms with Gasteiger partial charge in [-0.05, 0) is 66.5 Å². The van der Waals surface area contributed by atoms with Crippen molar-refractivity contribution in [3.63, 3.8) is 0 Å². The van der Waals surface area contributed by atoms with E-state index in [1.165, 1.54) is 67.2 Å². The lowest BCUT2D eigenvalue weighted by atomic mass is 9.78. The third-order valence-corrected chi connectivity index (χ3v) is 6.45. The Balaban J connectivity index is 1.61. The monoisotopic (exact) mass is 344 g/mol. The van der Waals surface area contributed by atoms with Crippen LogP contribution in [0.1, 0.15) is 85.6 Å². The van der Waals surface area contributed by atoms with Crippen molar-refractivity contribution in [2.75, 3.05) is 0 Å². The molecule has 0 aromatic heterocycles. The van der Waals surface area contributed by atoms with Gasteiger partial charge in [0.15, 0.2) is 0 Å². The van der Waals surface area contributed by atoms with Crippen molar-refractivity contribution in [3.05, 3.63) is 69.8 Å². The zero-order chi connectivity index (χ0) is 18.1. The maximum absolute atomic E-state index is 2.56. The maximum Gasteiger partial charge on any atom is 0.0314 e. The summed E-state index contributed by atoms with van der Waals surface area (Å²) in [4.78, 5) is 0. The van der Waals surface area contributed by atoms with Crippen LogP contribution in [0.15, 0.2) is 42.0 Å². The van der Waals surface area contributed by atoms with Crippen LogP contribution in [-0.2, 0) is 6.42 Å². The van der Waals surface area contributed by atoms with Gasteiger partial charge in [-0.25, -0.2) is 0 Å². The van der Waals surface area contributed by atoms with E-state index in [2.05, 4.69) is 57.2 Å². The van der Waals surface area contributed by atoms with Gasteiger partial charge in [0.05, 0.1) is 0 Å². The lowest BCUT2D eigenvalue weighted by Gasteiger charge is -2.26. The Morgan fingerprint density at radius 1 is 0.885 bits per heavy atom. The molecule has 1 unspecified atom stereocenters. The van der Waals surface area contributed by atoms with Crippen LogP contribution in [0.3, 0.4) is 0 Å². The van der Waals surface area contributed by atoms with Crippen LogP contribution in [0, 0.1) is 13.8 Å². The number of rotatable bonds is 7.